The largest absolute Gasteiger partial charge is 0.328 e. The molecule has 144 valence electrons. The molecule has 1 amide bonds. The van der Waals surface area contributed by atoms with Crippen LogP contribution in [0.4, 0.5) is 5.69 Å². The van der Waals surface area contributed by atoms with Crippen molar-refractivity contribution < 1.29 is 4.79 Å². The molecule has 0 saturated heterocycles. The van der Waals surface area contributed by atoms with E-state index < -0.39 is 0 Å². The first kappa shape index (κ1) is 18.8. The van der Waals surface area contributed by atoms with Crippen molar-refractivity contribution in [1.29, 1.82) is 0 Å². The minimum absolute atomic E-state index is 0.0827. The quantitative estimate of drug-likeness (QED) is 0.613. The highest BCUT2D eigenvalue weighted by atomic mass is 32.2. The molecule has 28 heavy (non-hydrogen) atoms. The van der Waals surface area contributed by atoms with Crippen LogP contribution in [-0.2, 0) is 18.7 Å². The summed E-state index contributed by atoms with van der Waals surface area (Å²) in [4.78, 5) is 17.1. The van der Waals surface area contributed by atoms with Gasteiger partial charge in [-0.05, 0) is 67.0 Å². The molecule has 0 bridgehead atoms. The molecule has 4 rings (SSSR count). The molecule has 0 radical (unpaired) electrons. The molecule has 0 spiro atoms. The molecule has 3 aromatic rings. The Labute approximate surface area is 170 Å². The second-order valence-corrected chi connectivity index (χ2v) is 8.32. The number of imidazole rings is 1. The lowest BCUT2D eigenvalue weighted by atomic mass is 10.1. The molecule has 5 heteroatoms. The lowest BCUT2D eigenvalue weighted by Crippen LogP contribution is -2.12. The summed E-state index contributed by atoms with van der Waals surface area (Å²) in [5.74, 6) is 3.02. The van der Waals surface area contributed by atoms with E-state index >= 15 is 0 Å². The van der Waals surface area contributed by atoms with Gasteiger partial charge in [-0.25, -0.2) is 4.98 Å². The van der Waals surface area contributed by atoms with Crippen LogP contribution in [0.15, 0.2) is 54.7 Å². The van der Waals surface area contributed by atoms with Crippen LogP contribution in [0.25, 0.3) is 11.4 Å². The SMILES string of the molecule is CCSCc1ccc(C(=O)Nc2ccc(-c3ncc4n3CCCC4)cc2)cc1. The van der Waals surface area contributed by atoms with Crippen molar-refractivity contribution in [2.75, 3.05) is 11.1 Å². The molecular formula is C23H25N3OS. The summed E-state index contributed by atoms with van der Waals surface area (Å²) in [6, 6.07) is 15.8. The van der Waals surface area contributed by atoms with Crippen molar-refractivity contribution in [3.63, 3.8) is 0 Å². The van der Waals surface area contributed by atoms with E-state index in [0.717, 1.165) is 41.5 Å². The van der Waals surface area contributed by atoms with Gasteiger partial charge in [0.05, 0.1) is 0 Å². The zero-order valence-corrected chi connectivity index (χ0v) is 17.0. The molecule has 0 fully saturated rings. The third-order valence-electron chi connectivity index (χ3n) is 5.09. The third-order valence-corrected chi connectivity index (χ3v) is 6.04. The van der Waals surface area contributed by atoms with E-state index in [1.165, 1.54) is 24.1 Å². The van der Waals surface area contributed by atoms with Gasteiger partial charge in [0.15, 0.2) is 0 Å². The fourth-order valence-corrected chi connectivity index (χ4v) is 4.18. The minimum atomic E-state index is -0.0827. The molecule has 2 heterocycles. The van der Waals surface area contributed by atoms with E-state index in [4.69, 9.17) is 0 Å². The van der Waals surface area contributed by atoms with Gasteiger partial charge in [0.2, 0.25) is 0 Å². The van der Waals surface area contributed by atoms with Gasteiger partial charge in [0.25, 0.3) is 5.91 Å². The summed E-state index contributed by atoms with van der Waals surface area (Å²) in [7, 11) is 0. The van der Waals surface area contributed by atoms with E-state index in [-0.39, 0.29) is 5.91 Å². The van der Waals surface area contributed by atoms with Gasteiger partial charge in [-0.2, -0.15) is 11.8 Å². The molecule has 1 aliphatic heterocycles. The number of thioether (sulfide) groups is 1. The fraction of sp³-hybridized carbons (Fsp3) is 0.304. The predicted octanol–water partition coefficient (Wildman–Crippen LogP) is 5.39. The highest BCUT2D eigenvalue weighted by molar-refractivity contribution is 7.98. The van der Waals surface area contributed by atoms with Crippen LogP contribution in [-0.4, -0.2) is 21.2 Å². The Hall–Kier alpha value is -2.53. The number of hydrogen-bond donors (Lipinski definition) is 1. The minimum Gasteiger partial charge on any atom is -0.328 e. The number of amides is 1. The number of nitrogens with zero attached hydrogens (tertiary/aromatic N) is 2. The molecule has 4 nitrogen and oxygen atoms in total. The Morgan fingerprint density at radius 2 is 1.89 bits per heavy atom. The second-order valence-electron chi connectivity index (χ2n) is 7.05. The Bertz CT molecular complexity index is 945. The molecule has 0 saturated carbocycles. The van der Waals surface area contributed by atoms with Crippen LogP contribution < -0.4 is 5.32 Å². The number of rotatable bonds is 6. The normalized spacial score (nSPS) is 13.2. The topological polar surface area (TPSA) is 46.9 Å². The summed E-state index contributed by atoms with van der Waals surface area (Å²) in [5, 5.41) is 2.98. The van der Waals surface area contributed by atoms with Gasteiger partial charge in [-0.3, -0.25) is 4.79 Å². The summed E-state index contributed by atoms with van der Waals surface area (Å²) in [6.07, 6.45) is 5.55. The third kappa shape index (κ3) is 4.14. The maximum Gasteiger partial charge on any atom is 0.255 e. The van der Waals surface area contributed by atoms with E-state index in [1.54, 1.807) is 0 Å². The highest BCUT2D eigenvalue weighted by Gasteiger charge is 2.15. The summed E-state index contributed by atoms with van der Waals surface area (Å²) in [5.41, 5.74) is 5.13. The monoisotopic (exact) mass is 391 g/mol. The van der Waals surface area contributed by atoms with Gasteiger partial charge in [-0.15, -0.1) is 0 Å². The summed E-state index contributed by atoms with van der Waals surface area (Å²) < 4.78 is 2.31. The zero-order valence-electron chi connectivity index (χ0n) is 16.1. The number of hydrogen-bond acceptors (Lipinski definition) is 3. The number of fused-ring (bicyclic) bond motifs is 1. The Balaban J connectivity index is 1.43. The molecule has 1 N–H and O–H groups in total. The Kier molecular flexibility index (Phi) is 5.81. The number of aromatic nitrogens is 2. The van der Waals surface area contributed by atoms with Gasteiger partial charge in [0.1, 0.15) is 5.82 Å². The first-order valence-electron chi connectivity index (χ1n) is 9.87. The summed E-state index contributed by atoms with van der Waals surface area (Å²) in [6.45, 7) is 3.19. The molecule has 1 aliphatic rings. The smallest absolute Gasteiger partial charge is 0.255 e. The van der Waals surface area contributed by atoms with Crippen LogP contribution in [0.5, 0.6) is 0 Å². The maximum absolute atomic E-state index is 12.5. The first-order valence-corrected chi connectivity index (χ1v) is 11.0. The molecule has 0 aliphatic carbocycles. The van der Waals surface area contributed by atoms with E-state index in [1.807, 2.05) is 66.5 Å². The van der Waals surface area contributed by atoms with Crippen LogP contribution in [0.2, 0.25) is 0 Å². The average molecular weight is 392 g/mol. The number of anilines is 1. The second kappa shape index (κ2) is 8.65. The molecule has 1 aromatic heterocycles. The molecule has 0 atom stereocenters. The number of carbonyl (C=O) groups excluding carboxylic acids is 1. The van der Waals surface area contributed by atoms with Gasteiger partial charge < -0.3 is 9.88 Å². The maximum atomic E-state index is 12.5. The standard InChI is InChI=1S/C23H25N3OS/c1-2-28-16-17-6-8-19(9-7-17)23(27)25-20-12-10-18(11-13-20)22-24-15-21-5-3-4-14-26(21)22/h6-13,15H,2-5,14,16H2,1H3,(H,25,27). The summed E-state index contributed by atoms with van der Waals surface area (Å²) >= 11 is 1.88. The van der Waals surface area contributed by atoms with Crippen LogP contribution >= 0.6 is 11.8 Å². The van der Waals surface area contributed by atoms with Crippen molar-refractivity contribution in [2.24, 2.45) is 0 Å². The van der Waals surface area contributed by atoms with E-state index in [2.05, 4.69) is 21.8 Å². The van der Waals surface area contributed by atoms with E-state index in [0.29, 0.717) is 5.56 Å². The van der Waals surface area contributed by atoms with Crippen molar-refractivity contribution in [3.05, 3.63) is 71.5 Å². The van der Waals surface area contributed by atoms with Crippen molar-refractivity contribution in [3.8, 4) is 11.4 Å². The predicted molar refractivity (Wildman–Crippen MR) is 117 cm³/mol. The molecular weight excluding hydrogens is 366 g/mol. The van der Waals surface area contributed by atoms with Crippen LogP contribution in [0, 0.1) is 0 Å². The Morgan fingerprint density at radius 3 is 2.64 bits per heavy atom. The number of benzene rings is 2. The number of carbonyl (C=O) groups is 1. The fourth-order valence-electron chi connectivity index (χ4n) is 3.54. The van der Waals surface area contributed by atoms with Crippen molar-refractivity contribution in [1.82, 2.24) is 9.55 Å². The lowest BCUT2D eigenvalue weighted by Gasteiger charge is -2.16. The van der Waals surface area contributed by atoms with E-state index in [9.17, 15) is 4.79 Å². The van der Waals surface area contributed by atoms with Crippen LogP contribution in [0.1, 0.15) is 41.4 Å². The Morgan fingerprint density at radius 1 is 1.11 bits per heavy atom. The van der Waals surface area contributed by atoms with Gasteiger partial charge >= 0.3 is 0 Å². The molecule has 2 aromatic carbocycles. The molecule has 0 unspecified atom stereocenters. The van der Waals surface area contributed by atoms with Gasteiger partial charge in [-0.1, -0.05) is 19.1 Å². The average Bonchev–Trinajstić information content (AvgIpc) is 3.17. The number of aryl methyl sites for hydroxylation is 1. The zero-order chi connectivity index (χ0) is 19.3. The first-order chi connectivity index (χ1) is 13.7. The lowest BCUT2D eigenvalue weighted by molar-refractivity contribution is 0.102. The number of nitrogens with one attached hydrogen (secondary N) is 1. The van der Waals surface area contributed by atoms with Crippen LogP contribution in [0.3, 0.4) is 0 Å². The van der Waals surface area contributed by atoms with Crippen molar-refractivity contribution >= 4 is 23.4 Å². The van der Waals surface area contributed by atoms with Crippen molar-refractivity contribution in [2.45, 2.75) is 38.5 Å². The van der Waals surface area contributed by atoms with Gasteiger partial charge in [0, 0.05) is 41.0 Å². The highest BCUT2D eigenvalue weighted by Crippen LogP contribution is 2.25.